The minimum atomic E-state index is -6.15. The van der Waals surface area contributed by atoms with Gasteiger partial charge in [0, 0.05) is 12.4 Å². The van der Waals surface area contributed by atoms with Gasteiger partial charge >= 0.3 is 18.0 Å². The fraction of sp³-hybridized carbons (Fsp3) is 0.429. The van der Waals surface area contributed by atoms with Crippen molar-refractivity contribution in [2.45, 2.75) is 18.0 Å². The fourth-order valence-electron chi connectivity index (χ4n) is 0.928. The molecule has 0 saturated heterocycles. The number of aromatic nitrogens is 2. The highest BCUT2D eigenvalue weighted by atomic mass is 19.4. The Bertz CT molecular complexity index is 341. The van der Waals surface area contributed by atoms with Crippen molar-refractivity contribution < 1.29 is 30.7 Å². The molecule has 0 fully saturated rings. The number of hydrogen-bond donors (Lipinski definition) is 0. The fourth-order valence-corrected chi connectivity index (χ4v) is 0.928. The SMILES string of the molecule is FC(F)(F)C(F)(c1cnccn1)C(F)(F)F. The van der Waals surface area contributed by atoms with Crippen LogP contribution < -0.4 is 0 Å². The van der Waals surface area contributed by atoms with Crippen LogP contribution in [-0.4, -0.2) is 22.3 Å². The van der Waals surface area contributed by atoms with Gasteiger partial charge in [0.15, 0.2) is 0 Å². The molecule has 0 N–H and O–H groups in total. The molecule has 0 aliphatic carbocycles. The average molecular weight is 248 g/mol. The van der Waals surface area contributed by atoms with Gasteiger partial charge in [-0.2, -0.15) is 26.3 Å². The van der Waals surface area contributed by atoms with Crippen molar-refractivity contribution in [1.29, 1.82) is 0 Å². The predicted octanol–water partition coefficient (Wildman–Crippen LogP) is 2.77. The Kier molecular flexibility index (Phi) is 2.82. The molecule has 2 nitrogen and oxygen atoms in total. The van der Waals surface area contributed by atoms with E-state index in [1.807, 2.05) is 0 Å². The maximum atomic E-state index is 13.2. The lowest BCUT2D eigenvalue weighted by Crippen LogP contribution is -2.51. The molecule has 0 amide bonds. The molecule has 1 aromatic heterocycles. The van der Waals surface area contributed by atoms with Gasteiger partial charge in [0.25, 0.3) is 0 Å². The summed E-state index contributed by atoms with van der Waals surface area (Å²) in [4.78, 5) is 5.68. The smallest absolute Gasteiger partial charge is 0.261 e. The van der Waals surface area contributed by atoms with Crippen molar-refractivity contribution in [3.63, 3.8) is 0 Å². The second kappa shape index (κ2) is 3.56. The number of hydrogen-bond acceptors (Lipinski definition) is 2. The van der Waals surface area contributed by atoms with E-state index >= 15 is 0 Å². The summed E-state index contributed by atoms with van der Waals surface area (Å²) in [5, 5.41) is 0. The molecule has 0 unspecified atom stereocenters. The van der Waals surface area contributed by atoms with Crippen molar-refractivity contribution in [1.82, 2.24) is 9.97 Å². The molecule has 0 saturated carbocycles. The summed E-state index contributed by atoms with van der Waals surface area (Å²) in [6.45, 7) is 0. The van der Waals surface area contributed by atoms with E-state index in [1.54, 1.807) is 0 Å². The summed E-state index contributed by atoms with van der Waals surface area (Å²) in [5.41, 5.74) is -7.34. The van der Waals surface area contributed by atoms with E-state index in [2.05, 4.69) is 9.97 Å². The molecule has 9 heteroatoms. The molecule has 0 aromatic carbocycles. The van der Waals surface area contributed by atoms with Gasteiger partial charge in [-0.05, 0) is 0 Å². The van der Waals surface area contributed by atoms with Gasteiger partial charge in [0.2, 0.25) is 0 Å². The van der Waals surface area contributed by atoms with E-state index in [0.717, 1.165) is 6.20 Å². The quantitative estimate of drug-likeness (QED) is 0.714. The number of alkyl halides is 7. The summed E-state index contributed by atoms with van der Waals surface area (Å²) in [6, 6.07) is 0. The normalized spacial score (nSPS) is 13.9. The molecule has 0 aliphatic rings. The molecule has 1 aromatic rings. The zero-order valence-corrected chi connectivity index (χ0v) is 7.27. The number of halogens is 7. The third-order valence-electron chi connectivity index (χ3n) is 1.70. The van der Waals surface area contributed by atoms with Crippen LogP contribution in [0.4, 0.5) is 30.7 Å². The minimum absolute atomic E-state index is 0.0843. The molecular formula is C7H3F7N2. The molecule has 0 aliphatic heterocycles. The van der Waals surface area contributed by atoms with Crippen molar-refractivity contribution in [2.24, 2.45) is 0 Å². The predicted molar refractivity (Wildman–Crippen MR) is 36.9 cm³/mol. The van der Waals surface area contributed by atoms with Crippen LogP contribution in [0, 0.1) is 0 Å². The van der Waals surface area contributed by atoms with E-state index in [1.165, 1.54) is 0 Å². The van der Waals surface area contributed by atoms with E-state index in [-0.39, 0.29) is 6.20 Å². The van der Waals surface area contributed by atoms with Crippen LogP contribution in [-0.2, 0) is 5.67 Å². The molecule has 1 rings (SSSR count). The van der Waals surface area contributed by atoms with Crippen LogP contribution >= 0.6 is 0 Å². The van der Waals surface area contributed by atoms with Gasteiger partial charge in [-0.15, -0.1) is 0 Å². The van der Waals surface area contributed by atoms with Crippen LogP contribution in [0.5, 0.6) is 0 Å². The van der Waals surface area contributed by atoms with Crippen LogP contribution in [0.3, 0.4) is 0 Å². The second-order valence-electron chi connectivity index (χ2n) is 2.74. The van der Waals surface area contributed by atoms with Crippen LogP contribution in [0.25, 0.3) is 0 Å². The summed E-state index contributed by atoms with van der Waals surface area (Å²) < 4.78 is 85.9. The van der Waals surface area contributed by atoms with Gasteiger partial charge in [-0.1, -0.05) is 0 Å². The van der Waals surface area contributed by atoms with Crippen molar-refractivity contribution in [3.05, 3.63) is 24.3 Å². The van der Waals surface area contributed by atoms with E-state index in [0.29, 0.717) is 6.20 Å². The zero-order chi connectivity index (χ0) is 12.6. The third kappa shape index (κ3) is 1.81. The van der Waals surface area contributed by atoms with Gasteiger partial charge in [0.05, 0.1) is 6.20 Å². The Morgan fingerprint density at radius 2 is 1.31 bits per heavy atom. The lowest BCUT2D eigenvalue weighted by molar-refractivity contribution is -0.350. The molecule has 0 spiro atoms. The molecule has 0 atom stereocenters. The van der Waals surface area contributed by atoms with E-state index in [9.17, 15) is 30.7 Å². The monoisotopic (exact) mass is 248 g/mol. The van der Waals surface area contributed by atoms with Gasteiger partial charge in [0.1, 0.15) is 5.69 Å². The highest BCUT2D eigenvalue weighted by molar-refractivity contribution is 5.15. The molecule has 16 heavy (non-hydrogen) atoms. The third-order valence-corrected chi connectivity index (χ3v) is 1.70. The Hall–Kier alpha value is -1.41. The average Bonchev–Trinajstić information content (AvgIpc) is 2.14. The Morgan fingerprint density at radius 3 is 1.62 bits per heavy atom. The first-order valence-electron chi connectivity index (χ1n) is 3.69. The van der Waals surface area contributed by atoms with Crippen molar-refractivity contribution >= 4 is 0 Å². The summed E-state index contributed by atoms with van der Waals surface area (Å²) in [6.07, 6.45) is -10.8. The van der Waals surface area contributed by atoms with Gasteiger partial charge in [-0.3, -0.25) is 9.97 Å². The van der Waals surface area contributed by atoms with E-state index in [4.69, 9.17) is 0 Å². The lowest BCUT2D eigenvalue weighted by Gasteiger charge is -2.28. The summed E-state index contributed by atoms with van der Waals surface area (Å²) >= 11 is 0. The van der Waals surface area contributed by atoms with Crippen LogP contribution in [0.15, 0.2) is 18.6 Å². The standard InChI is InChI=1S/C7H3F7N2/c8-5(6(9,10)11,7(12,13)14)4-3-15-1-2-16-4/h1-3H. The van der Waals surface area contributed by atoms with Crippen molar-refractivity contribution in [3.8, 4) is 0 Å². The van der Waals surface area contributed by atoms with E-state index < -0.39 is 23.7 Å². The topological polar surface area (TPSA) is 25.8 Å². The van der Waals surface area contributed by atoms with Gasteiger partial charge in [-0.25, -0.2) is 4.39 Å². The zero-order valence-electron chi connectivity index (χ0n) is 7.27. The molecule has 0 bridgehead atoms. The highest BCUT2D eigenvalue weighted by Crippen LogP contribution is 2.52. The molecule has 0 radical (unpaired) electrons. The van der Waals surface area contributed by atoms with Crippen LogP contribution in [0.1, 0.15) is 5.69 Å². The second-order valence-corrected chi connectivity index (χ2v) is 2.74. The number of nitrogens with zero attached hydrogens (tertiary/aromatic N) is 2. The first kappa shape index (κ1) is 12.7. The summed E-state index contributed by atoms with van der Waals surface area (Å²) in [7, 11) is 0. The Morgan fingerprint density at radius 1 is 0.812 bits per heavy atom. The molecule has 90 valence electrons. The molecular weight excluding hydrogens is 245 g/mol. The Labute approximate surface area is 84.1 Å². The Balaban J connectivity index is 3.39. The lowest BCUT2D eigenvalue weighted by atomic mass is 10.0. The maximum absolute atomic E-state index is 13.2. The first-order chi connectivity index (χ1) is 7.11. The highest BCUT2D eigenvalue weighted by Gasteiger charge is 2.74. The maximum Gasteiger partial charge on any atom is 0.437 e. The summed E-state index contributed by atoms with van der Waals surface area (Å²) in [5.74, 6) is 0. The van der Waals surface area contributed by atoms with Gasteiger partial charge < -0.3 is 0 Å². The first-order valence-corrected chi connectivity index (χ1v) is 3.69. The molecule has 1 heterocycles. The minimum Gasteiger partial charge on any atom is -0.261 e. The number of rotatable bonds is 1. The largest absolute Gasteiger partial charge is 0.437 e. The van der Waals surface area contributed by atoms with Crippen molar-refractivity contribution in [2.75, 3.05) is 0 Å². The van der Waals surface area contributed by atoms with Crippen LogP contribution in [0.2, 0.25) is 0 Å².